The molecule has 0 fully saturated rings. The first-order chi connectivity index (χ1) is 15.1. The van der Waals surface area contributed by atoms with E-state index in [-0.39, 0.29) is 13.2 Å². The van der Waals surface area contributed by atoms with Crippen LogP contribution in [0, 0.1) is 5.92 Å². The van der Waals surface area contributed by atoms with Crippen LogP contribution in [0.3, 0.4) is 0 Å². The summed E-state index contributed by atoms with van der Waals surface area (Å²) in [4.78, 5) is 23.1. The van der Waals surface area contributed by atoms with Crippen molar-refractivity contribution in [2.24, 2.45) is 5.92 Å². The van der Waals surface area contributed by atoms with Gasteiger partial charge in [-0.2, -0.15) is 0 Å². The lowest BCUT2D eigenvalue weighted by Crippen LogP contribution is -2.19. The summed E-state index contributed by atoms with van der Waals surface area (Å²) in [5.41, 5.74) is 0. The van der Waals surface area contributed by atoms with Crippen molar-refractivity contribution >= 4 is 11.9 Å². The molecule has 0 aromatic rings. The Bertz CT molecular complexity index is 409. The number of carbonyl (C=O) groups is 2. The molecule has 0 amide bonds. The third-order valence-electron chi connectivity index (χ3n) is 5.39. The van der Waals surface area contributed by atoms with Gasteiger partial charge in [-0.1, -0.05) is 104 Å². The number of hydrogen-bond acceptors (Lipinski definition) is 5. The van der Waals surface area contributed by atoms with Gasteiger partial charge in [-0.3, -0.25) is 0 Å². The lowest BCUT2D eigenvalue weighted by Gasteiger charge is -2.07. The lowest BCUT2D eigenvalue weighted by atomic mass is 10.0. The van der Waals surface area contributed by atoms with Crippen LogP contribution >= 0.6 is 0 Å². The Labute approximate surface area is 192 Å². The third kappa shape index (κ3) is 25.0. The molecule has 0 heterocycles. The largest absolute Gasteiger partial charge is 0.464 e. The van der Waals surface area contributed by atoms with Crippen molar-refractivity contribution in [1.29, 1.82) is 0 Å². The molecule has 0 aromatic heterocycles. The van der Waals surface area contributed by atoms with Crippen LogP contribution < -0.4 is 0 Å². The molecule has 0 saturated carbocycles. The molecule has 0 aromatic carbocycles. The molecule has 0 bridgehead atoms. The third-order valence-corrected chi connectivity index (χ3v) is 5.39. The fourth-order valence-corrected chi connectivity index (χ4v) is 3.46. The minimum Gasteiger partial charge on any atom is -0.464 e. The van der Waals surface area contributed by atoms with Gasteiger partial charge in [0.15, 0.2) is 0 Å². The molecule has 0 rings (SSSR count). The zero-order valence-corrected chi connectivity index (χ0v) is 20.8. The highest BCUT2D eigenvalue weighted by atomic mass is 16.6. The Kier molecular flexibility index (Phi) is 22.7. The maximum Gasteiger partial charge on any atom is 0.332 e. The Morgan fingerprint density at radius 2 is 0.968 bits per heavy atom. The monoisotopic (exact) mass is 442 g/mol. The first kappa shape index (κ1) is 29.9. The standard InChI is InChI=1S/C26H50O5/c1-4-5-6-7-8-9-10-11-12-13-14-15-16-17-20-30-25(27)22-29-23-26(28)31-21-18-19-24(2)3/h24H,4-23H2,1-3H3. The molecule has 0 aliphatic heterocycles. The molecule has 5 heteroatoms. The van der Waals surface area contributed by atoms with Gasteiger partial charge >= 0.3 is 11.9 Å². The van der Waals surface area contributed by atoms with Crippen LogP contribution in [-0.4, -0.2) is 38.4 Å². The Morgan fingerprint density at radius 1 is 0.581 bits per heavy atom. The molecule has 31 heavy (non-hydrogen) atoms. The Morgan fingerprint density at radius 3 is 1.39 bits per heavy atom. The summed E-state index contributed by atoms with van der Waals surface area (Å²) in [5, 5.41) is 0. The average molecular weight is 443 g/mol. The number of unbranched alkanes of at least 4 members (excludes halogenated alkanes) is 13. The van der Waals surface area contributed by atoms with E-state index < -0.39 is 11.9 Å². The van der Waals surface area contributed by atoms with Crippen molar-refractivity contribution < 1.29 is 23.8 Å². The van der Waals surface area contributed by atoms with Crippen LogP contribution in [-0.2, 0) is 23.8 Å². The lowest BCUT2D eigenvalue weighted by molar-refractivity contribution is -0.155. The zero-order chi connectivity index (χ0) is 23.0. The molecule has 5 nitrogen and oxygen atoms in total. The predicted octanol–water partition coefficient (Wildman–Crippen LogP) is 7.01. The van der Waals surface area contributed by atoms with E-state index in [0.29, 0.717) is 19.1 Å². The quantitative estimate of drug-likeness (QED) is 0.126. The smallest absolute Gasteiger partial charge is 0.332 e. The SMILES string of the molecule is CCCCCCCCCCCCCCCCOC(=O)COCC(=O)OCCCC(C)C. The van der Waals surface area contributed by atoms with Gasteiger partial charge in [0.25, 0.3) is 0 Å². The van der Waals surface area contributed by atoms with Gasteiger partial charge in [-0.05, 0) is 25.2 Å². The zero-order valence-electron chi connectivity index (χ0n) is 20.8. The second-order valence-corrected chi connectivity index (χ2v) is 9.07. The second-order valence-electron chi connectivity index (χ2n) is 9.07. The highest BCUT2D eigenvalue weighted by molar-refractivity contribution is 5.73. The van der Waals surface area contributed by atoms with Crippen molar-refractivity contribution in [1.82, 2.24) is 0 Å². The van der Waals surface area contributed by atoms with Crippen molar-refractivity contribution in [2.45, 2.75) is 124 Å². The van der Waals surface area contributed by atoms with Crippen LogP contribution in [0.15, 0.2) is 0 Å². The topological polar surface area (TPSA) is 61.8 Å². The maximum absolute atomic E-state index is 11.6. The van der Waals surface area contributed by atoms with E-state index in [1.807, 2.05) is 0 Å². The van der Waals surface area contributed by atoms with E-state index in [9.17, 15) is 9.59 Å². The van der Waals surface area contributed by atoms with Gasteiger partial charge in [-0.25, -0.2) is 9.59 Å². The van der Waals surface area contributed by atoms with E-state index in [1.165, 1.54) is 77.0 Å². The van der Waals surface area contributed by atoms with Crippen LogP contribution in [0.4, 0.5) is 0 Å². The number of ether oxygens (including phenoxy) is 3. The molecule has 0 saturated heterocycles. The summed E-state index contributed by atoms with van der Waals surface area (Å²) in [7, 11) is 0. The van der Waals surface area contributed by atoms with E-state index in [2.05, 4.69) is 20.8 Å². The van der Waals surface area contributed by atoms with E-state index in [1.54, 1.807) is 0 Å². The van der Waals surface area contributed by atoms with Gasteiger partial charge in [-0.15, -0.1) is 0 Å². The minimum atomic E-state index is -0.427. The fraction of sp³-hybridized carbons (Fsp3) is 0.923. The van der Waals surface area contributed by atoms with Gasteiger partial charge in [0, 0.05) is 0 Å². The summed E-state index contributed by atoms with van der Waals surface area (Å²) in [5.74, 6) is -0.240. The summed E-state index contributed by atoms with van der Waals surface area (Å²) in [6.45, 7) is 6.98. The normalized spacial score (nSPS) is 11.1. The highest BCUT2D eigenvalue weighted by Crippen LogP contribution is 2.13. The van der Waals surface area contributed by atoms with Crippen molar-refractivity contribution in [2.75, 3.05) is 26.4 Å². The first-order valence-corrected chi connectivity index (χ1v) is 12.9. The summed E-state index contributed by atoms with van der Waals surface area (Å²) < 4.78 is 15.2. The Balaban J connectivity index is 3.26. The van der Waals surface area contributed by atoms with Crippen LogP contribution in [0.25, 0.3) is 0 Å². The molecular weight excluding hydrogens is 392 g/mol. The molecule has 0 aliphatic carbocycles. The molecule has 0 radical (unpaired) electrons. The molecule has 0 N–H and O–H groups in total. The molecule has 184 valence electrons. The van der Waals surface area contributed by atoms with Crippen LogP contribution in [0.1, 0.15) is 124 Å². The summed E-state index contributed by atoms with van der Waals surface area (Å²) >= 11 is 0. The molecule has 0 atom stereocenters. The molecule has 0 spiro atoms. The number of rotatable bonds is 23. The van der Waals surface area contributed by atoms with E-state index >= 15 is 0 Å². The van der Waals surface area contributed by atoms with Crippen LogP contribution in [0.2, 0.25) is 0 Å². The number of esters is 2. The van der Waals surface area contributed by atoms with Gasteiger partial charge < -0.3 is 14.2 Å². The van der Waals surface area contributed by atoms with Gasteiger partial charge in [0.2, 0.25) is 0 Å². The summed E-state index contributed by atoms with van der Waals surface area (Å²) in [6.07, 6.45) is 20.1. The molecule has 0 unspecified atom stereocenters. The second kappa shape index (κ2) is 23.6. The average Bonchev–Trinajstić information content (AvgIpc) is 2.74. The molecule has 0 aliphatic rings. The minimum absolute atomic E-state index is 0.195. The Hall–Kier alpha value is -1.10. The number of carbonyl (C=O) groups excluding carboxylic acids is 2. The molecular formula is C26H50O5. The number of hydrogen-bond donors (Lipinski definition) is 0. The summed E-state index contributed by atoms with van der Waals surface area (Å²) in [6, 6.07) is 0. The van der Waals surface area contributed by atoms with Crippen molar-refractivity contribution in [3.05, 3.63) is 0 Å². The van der Waals surface area contributed by atoms with Gasteiger partial charge in [0.05, 0.1) is 13.2 Å². The van der Waals surface area contributed by atoms with Gasteiger partial charge in [0.1, 0.15) is 13.2 Å². The van der Waals surface area contributed by atoms with Crippen molar-refractivity contribution in [3.8, 4) is 0 Å². The predicted molar refractivity (Wildman–Crippen MR) is 127 cm³/mol. The van der Waals surface area contributed by atoms with E-state index in [4.69, 9.17) is 14.2 Å². The van der Waals surface area contributed by atoms with E-state index in [0.717, 1.165) is 25.7 Å². The van der Waals surface area contributed by atoms with Crippen LogP contribution in [0.5, 0.6) is 0 Å². The highest BCUT2D eigenvalue weighted by Gasteiger charge is 2.07. The first-order valence-electron chi connectivity index (χ1n) is 12.9. The fourth-order valence-electron chi connectivity index (χ4n) is 3.46. The van der Waals surface area contributed by atoms with Crippen molar-refractivity contribution in [3.63, 3.8) is 0 Å². The maximum atomic E-state index is 11.6.